The van der Waals surface area contributed by atoms with E-state index in [1.165, 1.54) is 0 Å². The minimum atomic E-state index is -3.41. The molecule has 2 aliphatic heterocycles. The predicted octanol–water partition coefficient (Wildman–Crippen LogP) is 3.83. The number of sulfonamides is 1. The van der Waals surface area contributed by atoms with Gasteiger partial charge in [0, 0.05) is 44.1 Å². The molecule has 2 aromatic rings. The Labute approximate surface area is 196 Å². The van der Waals surface area contributed by atoms with Crippen LogP contribution in [0.5, 0.6) is 0 Å². The van der Waals surface area contributed by atoms with Gasteiger partial charge in [-0.15, -0.1) is 0 Å². The van der Waals surface area contributed by atoms with Crippen LogP contribution in [0.2, 0.25) is 0 Å². The van der Waals surface area contributed by atoms with Crippen LogP contribution in [0.25, 0.3) is 0 Å². The molecule has 0 bridgehead atoms. The van der Waals surface area contributed by atoms with E-state index in [2.05, 4.69) is 0 Å². The molecule has 2 heterocycles. The van der Waals surface area contributed by atoms with Crippen molar-refractivity contribution in [1.29, 1.82) is 0 Å². The van der Waals surface area contributed by atoms with Gasteiger partial charge in [-0.1, -0.05) is 42.0 Å². The van der Waals surface area contributed by atoms with Crippen molar-refractivity contribution in [3.8, 4) is 0 Å². The first-order valence-corrected chi connectivity index (χ1v) is 13.3. The van der Waals surface area contributed by atoms with E-state index in [4.69, 9.17) is 0 Å². The standard InChI is InChI=1S/C26H32N2O4S/c1-20-4-9-22(10-5-20)26(30)23-14-18-27(19-15-23)25(29)13-8-21-6-11-24(12-7-21)33(31,32)28-16-2-3-17-28/h4-7,9-12,23H,2-3,8,13-19H2,1H3. The Morgan fingerprint density at radius 3 is 2.09 bits per heavy atom. The van der Waals surface area contributed by atoms with Gasteiger partial charge < -0.3 is 4.90 Å². The number of amides is 1. The molecule has 2 saturated heterocycles. The molecule has 0 spiro atoms. The first-order valence-electron chi connectivity index (χ1n) is 11.8. The third-order valence-corrected chi connectivity index (χ3v) is 8.72. The zero-order valence-electron chi connectivity index (χ0n) is 19.2. The molecule has 2 fully saturated rings. The third-order valence-electron chi connectivity index (χ3n) is 6.81. The molecule has 176 valence electrons. The average Bonchev–Trinajstić information content (AvgIpc) is 3.39. The zero-order valence-corrected chi connectivity index (χ0v) is 20.0. The van der Waals surface area contributed by atoms with Gasteiger partial charge in [0.05, 0.1) is 4.90 Å². The summed E-state index contributed by atoms with van der Waals surface area (Å²) in [6.07, 6.45) is 4.18. The molecule has 0 atom stereocenters. The molecule has 6 nitrogen and oxygen atoms in total. The van der Waals surface area contributed by atoms with E-state index >= 15 is 0 Å². The molecule has 0 unspecified atom stereocenters. The predicted molar refractivity (Wildman–Crippen MR) is 128 cm³/mol. The van der Waals surface area contributed by atoms with Gasteiger partial charge in [0.25, 0.3) is 0 Å². The Morgan fingerprint density at radius 2 is 1.48 bits per heavy atom. The first-order chi connectivity index (χ1) is 15.8. The molecular weight excluding hydrogens is 436 g/mol. The van der Waals surface area contributed by atoms with Crippen LogP contribution < -0.4 is 0 Å². The number of nitrogens with zero attached hydrogens (tertiary/aromatic N) is 2. The molecule has 4 rings (SSSR count). The van der Waals surface area contributed by atoms with E-state index in [1.54, 1.807) is 16.4 Å². The molecule has 33 heavy (non-hydrogen) atoms. The summed E-state index contributed by atoms with van der Waals surface area (Å²) >= 11 is 0. The minimum absolute atomic E-state index is 0.0261. The maximum absolute atomic E-state index is 12.7. The average molecular weight is 469 g/mol. The lowest BCUT2D eigenvalue weighted by Crippen LogP contribution is -2.40. The molecule has 2 aromatic carbocycles. The fraction of sp³-hybridized carbons (Fsp3) is 0.462. The topological polar surface area (TPSA) is 74.8 Å². The normalized spacial score (nSPS) is 17.9. The van der Waals surface area contributed by atoms with Crippen molar-refractivity contribution < 1.29 is 18.0 Å². The van der Waals surface area contributed by atoms with Gasteiger partial charge >= 0.3 is 0 Å². The highest BCUT2D eigenvalue weighted by molar-refractivity contribution is 7.89. The van der Waals surface area contributed by atoms with Crippen LogP contribution in [0.15, 0.2) is 53.4 Å². The summed E-state index contributed by atoms with van der Waals surface area (Å²) in [5.74, 6) is 0.234. The van der Waals surface area contributed by atoms with Crippen LogP contribution in [0.3, 0.4) is 0 Å². The lowest BCUT2D eigenvalue weighted by atomic mass is 9.88. The van der Waals surface area contributed by atoms with Gasteiger partial charge in [0.15, 0.2) is 5.78 Å². The molecule has 0 saturated carbocycles. The quantitative estimate of drug-likeness (QED) is 0.579. The number of hydrogen-bond acceptors (Lipinski definition) is 4. The van der Waals surface area contributed by atoms with E-state index in [-0.39, 0.29) is 17.6 Å². The second-order valence-corrected chi connectivity index (χ2v) is 11.1. The van der Waals surface area contributed by atoms with E-state index in [0.29, 0.717) is 56.8 Å². The molecule has 0 N–H and O–H groups in total. The number of ketones is 1. The van der Waals surface area contributed by atoms with Crippen molar-refractivity contribution in [3.63, 3.8) is 0 Å². The van der Waals surface area contributed by atoms with Crippen molar-refractivity contribution in [2.45, 2.75) is 50.3 Å². The number of Topliss-reactive ketones (excluding diaryl/α,β-unsaturated/α-hetero) is 1. The lowest BCUT2D eigenvalue weighted by molar-refractivity contribution is -0.132. The number of piperidine rings is 1. The summed E-state index contributed by atoms with van der Waals surface area (Å²) in [7, 11) is -3.41. The van der Waals surface area contributed by atoms with E-state index in [9.17, 15) is 18.0 Å². The molecule has 7 heteroatoms. The van der Waals surface area contributed by atoms with Crippen LogP contribution >= 0.6 is 0 Å². The van der Waals surface area contributed by atoms with E-state index < -0.39 is 10.0 Å². The number of benzene rings is 2. The Hall–Kier alpha value is -2.51. The van der Waals surface area contributed by atoms with Crippen molar-refractivity contribution in [2.24, 2.45) is 5.92 Å². The Balaban J connectivity index is 1.26. The largest absolute Gasteiger partial charge is 0.343 e. The molecule has 0 aliphatic carbocycles. The Morgan fingerprint density at radius 1 is 0.879 bits per heavy atom. The molecule has 0 radical (unpaired) electrons. The second-order valence-electron chi connectivity index (χ2n) is 9.14. The number of likely N-dealkylation sites (tertiary alicyclic amines) is 1. The van der Waals surface area contributed by atoms with Crippen molar-refractivity contribution >= 4 is 21.7 Å². The van der Waals surface area contributed by atoms with Crippen molar-refractivity contribution in [1.82, 2.24) is 9.21 Å². The minimum Gasteiger partial charge on any atom is -0.343 e. The summed E-state index contributed by atoms with van der Waals surface area (Å²) < 4.78 is 26.8. The maximum atomic E-state index is 12.7. The number of carbonyl (C=O) groups excluding carboxylic acids is 2. The van der Waals surface area contributed by atoms with Crippen LogP contribution in [-0.4, -0.2) is 55.5 Å². The summed E-state index contributed by atoms with van der Waals surface area (Å²) in [6.45, 7) is 4.39. The number of carbonyl (C=O) groups is 2. The first kappa shape index (κ1) is 23.6. The number of rotatable bonds is 7. The fourth-order valence-corrected chi connectivity index (χ4v) is 6.18. The van der Waals surface area contributed by atoms with Gasteiger partial charge in [-0.25, -0.2) is 8.42 Å². The monoisotopic (exact) mass is 468 g/mol. The SMILES string of the molecule is Cc1ccc(C(=O)C2CCN(C(=O)CCc3ccc(S(=O)(=O)N4CCCC4)cc3)CC2)cc1. The van der Waals surface area contributed by atoms with Crippen LogP contribution in [0.1, 0.15) is 53.6 Å². The molecule has 1 amide bonds. The highest BCUT2D eigenvalue weighted by Gasteiger charge is 2.28. The van der Waals surface area contributed by atoms with Crippen molar-refractivity contribution in [3.05, 3.63) is 65.2 Å². The highest BCUT2D eigenvalue weighted by atomic mass is 32.2. The maximum Gasteiger partial charge on any atom is 0.243 e. The van der Waals surface area contributed by atoms with E-state index in [0.717, 1.165) is 29.5 Å². The van der Waals surface area contributed by atoms with Crippen molar-refractivity contribution in [2.75, 3.05) is 26.2 Å². The van der Waals surface area contributed by atoms with Gasteiger partial charge in [-0.3, -0.25) is 9.59 Å². The third kappa shape index (κ3) is 5.53. The lowest BCUT2D eigenvalue weighted by Gasteiger charge is -2.31. The Bertz CT molecular complexity index is 1080. The van der Waals surface area contributed by atoms with Crippen LogP contribution in [-0.2, 0) is 21.2 Å². The molecule has 2 aliphatic rings. The van der Waals surface area contributed by atoms with Crippen LogP contribution in [0.4, 0.5) is 0 Å². The Kier molecular flexibility index (Phi) is 7.29. The molecule has 0 aromatic heterocycles. The zero-order chi connectivity index (χ0) is 23.4. The summed E-state index contributed by atoms with van der Waals surface area (Å²) in [4.78, 5) is 27.6. The molecular formula is C26H32N2O4S. The number of aryl methyl sites for hydroxylation is 2. The summed E-state index contributed by atoms with van der Waals surface area (Å²) in [5.41, 5.74) is 2.84. The van der Waals surface area contributed by atoms with Crippen LogP contribution in [0, 0.1) is 12.8 Å². The number of hydrogen-bond donors (Lipinski definition) is 0. The smallest absolute Gasteiger partial charge is 0.243 e. The highest BCUT2D eigenvalue weighted by Crippen LogP contribution is 2.24. The second kappa shape index (κ2) is 10.2. The van der Waals surface area contributed by atoms with Gasteiger partial charge in [-0.2, -0.15) is 4.31 Å². The van der Waals surface area contributed by atoms with Gasteiger partial charge in [0.1, 0.15) is 0 Å². The fourth-order valence-electron chi connectivity index (χ4n) is 4.66. The van der Waals surface area contributed by atoms with Gasteiger partial charge in [0.2, 0.25) is 15.9 Å². The summed E-state index contributed by atoms with van der Waals surface area (Å²) in [5, 5.41) is 0. The van der Waals surface area contributed by atoms with E-state index in [1.807, 2.05) is 48.2 Å². The summed E-state index contributed by atoms with van der Waals surface area (Å²) in [6, 6.07) is 14.6. The van der Waals surface area contributed by atoms with Gasteiger partial charge in [-0.05, 0) is 56.7 Å².